The second-order valence-corrected chi connectivity index (χ2v) is 5.52. The Balaban J connectivity index is 2.00. The minimum Gasteiger partial charge on any atom is -0.331 e. The average molecular weight is 334 g/mol. The van der Waals surface area contributed by atoms with Gasteiger partial charge in [0.2, 0.25) is 0 Å². The number of rotatable bonds is 3. The maximum atomic E-state index is 12.0. The summed E-state index contributed by atoms with van der Waals surface area (Å²) in [7, 11) is 0. The summed E-state index contributed by atoms with van der Waals surface area (Å²) < 4.78 is 0. The number of halogens is 2. The molecule has 0 aliphatic rings. The number of benzene rings is 2. The molecule has 2 amide bonds. The van der Waals surface area contributed by atoms with Crippen molar-refractivity contribution >= 4 is 34.9 Å². The van der Waals surface area contributed by atoms with Crippen LogP contribution in [0.5, 0.6) is 0 Å². The summed E-state index contributed by atoms with van der Waals surface area (Å²) >= 11 is 12.0. The molecule has 1 atom stereocenters. The fourth-order valence-corrected chi connectivity index (χ4v) is 2.49. The zero-order chi connectivity index (χ0) is 16.1. The van der Waals surface area contributed by atoms with E-state index in [0.29, 0.717) is 21.3 Å². The number of nitriles is 1. The molecule has 0 aromatic heterocycles. The van der Waals surface area contributed by atoms with Crippen molar-refractivity contribution in [2.24, 2.45) is 0 Å². The molecule has 6 heteroatoms. The second-order valence-electron chi connectivity index (χ2n) is 4.68. The van der Waals surface area contributed by atoms with E-state index >= 15 is 0 Å². The lowest BCUT2D eigenvalue weighted by Crippen LogP contribution is -2.31. The number of nitrogens with zero attached hydrogens (tertiary/aromatic N) is 1. The number of anilines is 1. The Morgan fingerprint density at radius 3 is 2.45 bits per heavy atom. The number of amides is 2. The zero-order valence-electron chi connectivity index (χ0n) is 11.7. The third kappa shape index (κ3) is 4.14. The summed E-state index contributed by atoms with van der Waals surface area (Å²) in [5, 5.41) is 15.3. The molecule has 0 fully saturated rings. The Hall–Kier alpha value is -2.22. The Morgan fingerprint density at radius 2 is 1.86 bits per heavy atom. The van der Waals surface area contributed by atoms with Crippen molar-refractivity contribution in [2.75, 3.05) is 5.32 Å². The predicted octanol–water partition coefficient (Wildman–Crippen LogP) is 4.75. The quantitative estimate of drug-likeness (QED) is 0.851. The standard InChI is InChI=1S/C16H13Cl2N3O/c1-10(14-7-4-12(17)8-15(14)18)20-16(22)21-13-5-2-11(9-19)3-6-13/h2-8,10H,1H3,(H2,20,21,22). The van der Waals surface area contributed by atoms with Gasteiger partial charge in [0, 0.05) is 15.7 Å². The highest BCUT2D eigenvalue weighted by Gasteiger charge is 2.13. The molecule has 112 valence electrons. The molecule has 22 heavy (non-hydrogen) atoms. The van der Waals surface area contributed by atoms with E-state index < -0.39 is 0 Å². The number of carbonyl (C=O) groups is 1. The number of nitrogens with one attached hydrogen (secondary N) is 2. The highest BCUT2D eigenvalue weighted by Crippen LogP contribution is 2.26. The fourth-order valence-electron chi connectivity index (χ4n) is 1.92. The highest BCUT2D eigenvalue weighted by molar-refractivity contribution is 6.35. The van der Waals surface area contributed by atoms with Crippen molar-refractivity contribution in [3.05, 3.63) is 63.6 Å². The van der Waals surface area contributed by atoms with Crippen LogP contribution in [0.2, 0.25) is 10.0 Å². The number of urea groups is 1. The van der Waals surface area contributed by atoms with E-state index in [1.165, 1.54) is 0 Å². The molecule has 0 aliphatic carbocycles. The van der Waals surface area contributed by atoms with Gasteiger partial charge in [0.15, 0.2) is 0 Å². The lowest BCUT2D eigenvalue weighted by molar-refractivity contribution is 0.249. The van der Waals surface area contributed by atoms with Gasteiger partial charge in [-0.25, -0.2) is 4.79 Å². The van der Waals surface area contributed by atoms with Gasteiger partial charge in [-0.3, -0.25) is 0 Å². The third-order valence-corrected chi connectivity index (χ3v) is 3.61. The maximum absolute atomic E-state index is 12.0. The summed E-state index contributed by atoms with van der Waals surface area (Å²) in [4.78, 5) is 12.0. The SMILES string of the molecule is CC(NC(=O)Nc1ccc(C#N)cc1)c1ccc(Cl)cc1Cl. The van der Waals surface area contributed by atoms with Crippen LogP contribution in [-0.2, 0) is 0 Å². The predicted molar refractivity (Wildman–Crippen MR) is 88.2 cm³/mol. The van der Waals surface area contributed by atoms with Gasteiger partial charge in [-0.2, -0.15) is 5.26 Å². The Bertz CT molecular complexity index is 723. The van der Waals surface area contributed by atoms with Crippen LogP contribution in [0.1, 0.15) is 24.1 Å². The maximum Gasteiger partial charge on any atom is 0.319 e. The zero-order valence-corrected chi connectivity index (χ0v) is 13.2. The van der Waals surface area contributed by atoms with Gasteiger partial charge in [-0.15, -0.1) is 0 Å². The van der Waals surface area contributed by atoms with Gasteiger partial charge in [0.1, 0.15) is 0 Å². The van der Waals surface area contributed by atoms with Gasteiger partial charge in [0.05, 0.1) is 17.7 Å². The van der Waals surface area contributed by atoms with Gasteiger partial charge in [-0.1, -0.05) is 29.3 Å². The largest absolute Gasteiger partial charge is 0.331 e. The molecule has 0 radical (unpaired) electrons. The molecular weight excluding hydrogens is 321 g/mol. The fraction of sp³-hybridized carbons (Fsp3) is 0.125. The molecule has 0 bridgehead atoms. The first-order valence-electron chi connectivity index (χ1n) is 6.52. The van der Waals surface area contributed by atoms with Crippen molar-refractivity contribution < 1.29 is 4.79 Å². The number of carbonyl (C=O) groups excluding carboxylic acids is 1. The molecule has 0 saturated carbocycles. The summed E-state index contributed by atoms with van der Waals surface area (Å²) in [6.07, 6.45) is 0. The van der Waals surface area contributed by atoms with E-state index in [-0.39, 0.29) is 12.1 Å². The first kappa shape index (κ1) is 16.2. The van der Waals surface area contributed by atoms with Crippen LogP contribution in [-0.4, -0.2) is 6.03 Å². The monoisotopic (exact) mass is 333 g/mol. The van der Waals surface area contributed by atoms with Crippen LogP contribution < -0.4 is 10.6 Å². The summed E-state index contributed by atoms with van der Waals surface area (Å²) in [6, 6.07) is 13.1. The molecule has 0 heterocycles. The Morgan fingerprint density at radius 1 is 1.18 bits per heavy atom. The van der Waals surface area contributed by atoms with Crippen molar-refractivity contribution in [1.82, 2.24) is 5.32 Å². The van der Waals surface area contributed by atoms with Crippen molar-refractivity contribution in [3.63, 3.8) is 0 Å². The third-order valence-electron chi connectivity index (χ3n) is 3.05. The van der Waals surface area contributed by atoms with Gasteiger partial charge >= 0.3 is 6.03 Å². The topological polar surface area (TPSA) is 64.9 Å². The normalized spacial score (nSPS) is 11.4. The minimum atomic E-state index is -0.358. The molecule has 0 saturated heterocycles. The molecule has 4 nitrogen and oxygen atoms in total. The lowest BCUT2D eigenvalue weighted by atomic mass is 10.1. The Labute approximate surface area is 138 Å². The van der Waals surface area contributed by atoms with Gasteiger partial charge in [0.25, 0.3) is 0 Å². The molecule has 2 aromatic carbocycles. The van der Waals surface area contributed by atoms with E-state index in [9.17, 15) is 4.79 Å². The molecule has 1 unspecified atom stereocenters. The number of hydrogen-bond acceptors (Lipinski definition) is 2. The Kier molecular flexibility index (Phi) is 5.26. The molecule has 2 N–H and O–H groups in total. The lowest BCUT2D eigenvalue weighted by Gasteiger charge is -2.16. The summed E-state index contributed by atoms with van der Waals surface area (Å²) in [5.74, 6) is 0. The van der Waals surface area contributed by atoms with Crippen LogP contribution in [0.15, 0.2) is 42.5 Å². The van der Waals surface area contributed by atoms with Crippen molar-refractivity contribution in [2.45, 2.75) is 13.0 Å². The average Bonchev–Trinajstić information content (AvgIpc) is 2.47. The molecule has 2 rings (SSSR count). The van der Waals surface area contributed by atoms with Crippen molar-refractivity contribution in [1.29, 1.82) is 5.26 Å². The molecule has 0 aliphatic heterocycles. The van der Waals surface area contributed by atoms with Crippen LogP contribution >= 0.6 is 23.2 Å². The van der Waals surface area contributed by atoms with Crippen LogP contribution in [0.4, 0.5) is 10.5 Å². The van der Waals surface area contributed by atoms with Crippen LogP contribution in [0.3, 0.4) is 0 Å². The minimum absolute atomic E-state index is 0.275. The van der Waals surface area contributed by atoms with E-state index in [0.717, 1.165) is 5.56 Å². The summed E-state index contributed by atoms with van der Waals surface area (Å²) in [6.45, 7) is 1.83. The van der Waals surface area contributed by atoms with E-state index in [2.05, 4.69) is 10.6 Å². The van der Waals surface area contributed by atoms with Gasteiger partial charge < -0.3 is 10.6 Å². The van der Waals surface area contributed by atoms with Gasteiger partial charge in [-0.05, 0) is 48.9 Å². The number of hydrogen-bond donors (Lipinski definition) is 2. The summed E-state index contributed by atoms with van der Waals surface area (Å²) in [5.41, 5.74) is 1.92. The highest BCUT2D eigenvalue weighted by atomic mass is 35.5. The van der Waals surface area contributed by atoms with E-state index in [1.807, 2.05) is 13.0 Å². The van der Waals surface area contributed by atoms with Crippen LogP contribution in [0.25, 0.3) is 0 Å². The smallest absolute Gasteiger partial charge is 0.319 e. The molecule has 2 aromatic rings. The van der Waals surface area contributed by atoms with E-state index in [1.54, 1.807) is 42.5 Å². The molecule has 0 spiro atoms. The van der Waals surface area contributed by atoms with Crippen LogP contribution in [0, 0.1) is 11.3 Å². The molecular formula is C16H13Cl2N3O. The second kappa shape index (κ2) is 7.17. The van der Waals surface area contributed by atoms with Crippen molar-refractivity contribution in [3.8, 4) is 6.07 Å². The first-order chi connectivity index (χ1) is 10.5. The van der Waals surface area contributed by atoms with E-state index in [4.69, 9.17) is 28.5 Å². The first-order valence-corrected chi connectivity index (χ1v) is 7.28.